The van der Waals surface area contributed by atoms with Crippen molar-refractivity contribution in [3.8, 4) is 0 Å². The van der Waals surface area contributed by atoms with Crippen molar-refractivity contribution in [3.05, 3.63) is 56.5 Å². The molecule has 18 heavy (non-hydrogen) atoms. The highest BCUT2D eigenvalue weighted by Crippen LogP contribution is 2.21. The molecule has 0 saturated heterocycles. The summed E-state index contributed by atoms with van der Waals surface area (Å²) in [5.74, 6) is -0.754. The maximum absolute atomic E-state index is 13.5. The summed E-state index contributed by atoms with van der Waals surface area (Å²) in [5.41, 5.74) is 0.0638. The van der Waals surface area contributed by atoms with Crippen LogP contribution >= 0.6 is 22.9 Å². The molecule has 94 valence electrons. The Balaban J connectivity index is 2.19. The fourth-order valence-corrected chi connectivity index (χ4v) is 2.80. The van der Waals surface area contributed by atoms with Crippen LogP contribution in [-0.4, -0.2) is 5.78 Å². The van der Waals surface area contributed by atoms with Gasteiger partial charge in [-0.3, -0.25) is 4.79 Å². The summed E-state index contributed by atoms with van der Waals surface area (Å²) in [6, 6.07) is 7.97. The molecule has 1 aromatic carbocycles. The van der Waals surface area contributed by atoms with Crippen LogP contribution < -0.4 is 0 Å². The molecule has 0 amide bonds. The average molecular weight is 283 g/mol. The fraction of sp³-hybridized carbons (Fsp3) is 0.214. The van der Waals surface area contributed by atoms with Crippen LogP contribution in [0.3, 0.4) is 0 Å². The lowest BCUT2D eigenvalue weighted by molar-refractivity contribution is 0.0990. The van der Waals surface area contributed by atoms with E-state index >= 15 is 0 Å². The van der Waals surface area contributed by atoms with Gasteiger partial charge in [0, 0.05) is 21.2 Å². The molecule has 0 aliphatic carbocycles. The Kier molecular flexibility index (Phi) is 4.15. The van der Waals surface area contributed by atoms with Crippen molar-refractivity contribution in [3.63, 3.8) is 0 Å². The number of halogens is 2. The largest absolute Gasteiger partial charge is 0.294 e. The zero-order chi connectivity index (χ0) is 13.1. The zero-order valence-corrected chi connectivity index (χ0v) is 11.4. The number of aryl methyl sites for hydroxylation is 1. The molecule has 0 unspecified atom stereocenters. The second-order valence-corrected chi connectivity index (χ2v) is 5.64. The Morgan fingerprint density at radius 1 is 1.28 bits per heavy atom. The quantitative estimate of drug-likeness (QED) is 0.753. The molecule has 1 aromatic heterocycles. The number of thiophene rings is 1. The third-order valence-corrected chi connectivity index (χ3v) is 4.09. The summed E-state index contributed by atoms with van der Waals surface area (Å²) in [6.45, 7) is 2.06. The van der Waals surface area contributed by atoms with Crippen LogP contribution in [-0.2, 0) is 12.8 Å². The minimum Gasteiger partial charge on any atom is -0.294 e. The first kappa shape index (κ1) is 13.2. The highest BCUT2D eigenvalue weighted by atomic mass is 35.5. The van der Waals surface area contributed by atoms with E-state index in [0.29, 0.717) is 5.02 Å². The normalized spacial score (nSPS) is 10.6. The Labute approximate surface area is 114 Å². The summed E-state index contributed by atoms with van der Waals surface area (Å²) >= 11 is 7.36. The Hall–Kier alpha value is -1.19. The second-order valence-electron chi connectivity index (χ2n) is 3.95. The maximum atomic E-state index is 13.5. The molecule has 0 fully saturated rings. The minimum absolute atomic E-state index is 0.0638. The fourth-order valence-electron chi connectivity index (χ4n) is 1.67. The van der Waals surface area contributed by atoms with Gasteiger partial charge in [-0.25, -0.2) is 4.39 Å². The van der Waals surface area contributed by atoms with E-state index in [4.69, 9.17) is 11.6 Å². The van der Waals surface area contributed by atoms with Gasteiger partial charge in [-0.2, -0.15) is 0 Å². The summed E-state index contributed by atoms with van der Waals surface area (Å²) in [4.78, 5) is 14.2. The third-order valence-electron chi connectivity index (χ3n) is 2.63. The van der Waals surface area contributed by atoms with E-state index in [0.717, 1.165) is 11.3 Å². The molecule has 0 aliphatic heterocycles. The number of benzene rings is 1. The number of carbonyl (C=O) groups is 1. The van der Waals surface area contributed by atoms with Crippen molar-refractivity contribution in [2.45, 2.75) is 19.8 Å². The predicted molar refractivity (Wildman–Crippen MR) is 73.1 cm³/mol. The maximum Gasteiger partial charge on any atom is 0.171 e. The predicted octanol–water partition coefficient (Wildman–Crippen LogP) is 4.53. The molecule has 0 spiro atoms. The molecule has 0 saturated carbocycles. The smallest absolute Gasteiger partial charge is 0.171 e. The molecule has 0 N–H and O–H groups in total. The average Bonchev–Trinajstić information content (AvgIpc) is 2.80. The van der Waals surface area contributed by atoms with Crippen LogP contribution in [0.2, 0.25) is 5.02 Å². The van der Waals surface area contributed by atoms with Gasteiger partial charge in [0.05, 0.1) is 5.56 Å². The van der Waals surface area contributed by atoms with Crippen LogP contribution in [0.25, 0.3) is 0 Å². The van der Waals surface area contributed by atoms with Crippen LogP contribution in [0, 0.1) is 5.82 Å². The number of rotatable bonds is 4. The standard InChI is InChI=1S/C14H12ClFOS/c1-2-10-4-5-11(18-10)8-14(17)12-7-9(15)3-6-13(12)16/h3-7H,2,8H2,1H3. The second kappa shape index (κ2) is 5.63. The summed E-state index contributed by atoms with van der Waals surface area (Å²) in [7, 11) is 0. The Morgan fingerprint density at radius 2 is 2.00 bits per heavy atom. The molecule has 1 nitrogen and oxygen atoms in total. The lowest BCUT2D eigenvalue weighted by Gasteiger charge is -2.02. The van der Waals surface area contributed by atoms with Gasteiger partial charge in [-0.1, -0.05) is 18.5 Å². The van der Waals surface area contributed by atoms with Crippen molar-refractivity contribution in [2.24, 2.45) is 0 Å². The summed E-state index contributed by atoms with van der Waals surface area (Å²) in [5, 5.41) is 0.375. The highest BCUT2D eigenvalue weighted by molar-refractivity contribution is 7.12. The van der Waals surface area contributed by atoms with E-state index in [1.54, 1.807) is 11.3 Å². The van der Waals surface area contributed by atoms with Gasteiger partial charge in [0.15, 0.2) is 5.78 Å². The topological polar surface area (TPSA) is 17.1 Å². The number of Topliss-reactive ketones (excluding diaryl/α,β-unsaturated/α-hetero) is 1. The molecule has 1 heterocycles. The van der Waals surface area contributed by atoms with Crippen LogP contribution in [0.15, 0.2) is 30.3 Å². The SMILES string of the molecule is CCc1ccc(CC(=O)c2cc(Cl)ccc2F)s1. The van der Waals surface area contributed by atoms with E-state index in [9.17, 15) is 9.18 Å². The molecule has 0 aliphatic rings. The summed E-state index contributed by atoms with van der Waals surface area (Å²) in [6.07, 6.45) is 1.17. The van der Waals surface area contributed by atoms with Crippen molar-refractivity contribution in [1.29, 1.82) is 0 Å². The van der Waals surface area contributed by atoms with E-state index in [2.05, 4.69) is 6.92 Å². The van der Waals surface area contributed by atoms with Gasteiger partial charge in [-0.15, -0.1) is 11.3 Å². The highest BCUT2D eigenvalue weighted by Gasteiger charge is 2.14. The van der Waals surface area contributed by atoms with Gasteiger partial charge in [0.1, 0.15) is 5.82 Å². The summed E-state index contributed by atoms with van der Waals surface area (Å²) < 4.78 is 13.5. The first-order valence-corrected chi connectivity index (χ1v) is 6.85. The molecule has 0 atom stereocenters. The molecular weight excluding hydrogens is 271 g/mol. The molecule has 0 radical (unpaired) electrons. The van der Waals surface area contributed by atoms with Gasteiger partial charge in [0.25, 0.3) is 0 Å². The number of hydrogen-bond acceptors (Lipinski definition) is 2. The molecule has 2 rings (SSSR count). The third kappa shape index (κ3) is 2.98. The van der Waals surface area contributed by atoms with E-state index < -0.39 is 5.82 Å². The lowest BCUT2D eigenvalue weighted by Crippen LogP contribution is -2.05. The van der Waals surface area contributed by atoms with Crippen LogP contribution in [0.4, 0.5) is 4.39 Å². The van der Waals surface area contributed by atoms with E-state index in [1.807, 2.05) is 12.1 Å². The Morgan fingerprint density at radius 3 is 2.67 bits per heavy atom. The first-order chi connectivity index (χ1) is 8.60. The number of hydrogen-bond donors (Lipinski definition) is 0. The van der Waals surface area contributed by atoms with Crippen molar-refractivity contribution in [1.82, 2.24) is 0 Å². The van der Waals surface area contributed by atoms with Crippen molar-refractivity contribution in [2.75, 3.05) is 0 Å². The zero-order valence-electron chi connectivity index (χ0n) is 9.87. The lowest BCUT2D eigenvalue weighted by atomic mass is 10.1. The van der Waals surface area contributed by atoms with Gasteiger partial charge in [0.2, 0.25) is 0 Å². The Bertz CT molecular complexity index is 577. The van der Waals surface area contributed by atoms with Crippen LogP contribution in [0.1, 0.15) is 27.0 Å². The van der Waals surface area contributed by atoms with Gasteiger partial charge < -0.3 is 0 Å². The van der Waals surface area contributed by atoms with Crippen molar-refractivity contribution < 1.29 is 9.18 Å². The molecule has 0 bridgehead atoms. The van der Waals surface area contributed by atoms with Crippen molar-refractivity contribution >= 4 is 28.7 Å². The first-order valence-electron chi connectivity index (χ1n) is 5.66. The molecule has 2 aromatic rings. The van der Waals surface area contributed by atoms with Crippen LogP contribution in [0.5, 0.6) is 0 Å². The number of carbonyl (C=O) groups excluding carboxylic acids is 1. The molecular formula is C14H12ClFOS. The number of ketones is 1. The van der Waals surface area contributed by atoms with E-state index in [1.165, 1.54) is 23.1 Å². The minimum atomic E-state index is -0.517. The monoisotopic (exact) mass is 282 g/mol. The van der Waals surface area contributed by atoms with E-state index in [-0.39, 0.29) is 17.8 Å². The van der Waals surface area contributed by atoms with Gasteiger partial charge in [-0.05, 0) is 36.8 Å². The molecule has 4 heteroatoms. The van der Waals surface area contributed by atoms with Gasteiger partial charge >= 0.3 is 0 Å².